The van der Waals surface area contributed by atoms with Crippen molar-refractivity contribution in [3.63, 3.8) is 0 Å². The molecule has 1 saturated heterocycles. The van der Waals surface area contributed by atoms with Crippen LogP contribution < -0.4 is 5.32 Å². The molecule has 2 aromatic rings. The maximum absolute atomic E-state index is 13.0. The van der Waals surface area contributed by atoms with Crippen molar-refractivity contribution < 1.29 is 8.42 Å². The number of piperidine rings is 1. The SMILES string of the molecule is CC(C)(C)c1nc2cc(S(=O)(=O)CC3CCNCC3)ccc2n1CC1CC1. The second-order valence-corrected chi connectivity index (χ2v) is 11.4. The molecule has 2 heterocycles. The van der Waals surface area contributed by atoms with Crippen molar-refractivity contribution in [1.82, 2.24) is 14.9 Å². The van der Waals surface area contributed by atoms with E-state index in [-0.39, 0.29) is 17.1 Å². The van der Waals surface area contributed by atoms with E-state index in [0.29, 0.717) is 4.90 Å². The number of imidazole rings is 1. The van der Waals surface area contributed by atoms with Crippen LogP contribution in [0.25, 0.3) is 11.0 Å². The quantitative estimate of drug-likeness (QED) is 0.850. The highest BCUT2D eigenvalue weighted by atomic mass is 32.2. The van der Waals surface area contributed by atoms with E-state index < -0.39 is 9.84 Å². The fourth-order valence-corrected chi connectivity index (χ4v) is 5.79. The standard InChI is InChI=1S/C21H31N3O2S/c1-21(2,3)20-23-18-12-17(6-7-19(18)24(20)13-15-4-5-15)27(25,26)14-16-8-10-22-11-9-16/h6-7,12,15-16,22H,4-5,8-11,13-14H2,1-3H3. The molecule has 148 valence electrons. The lowest BCUT2D eigenvalue weighted by molar-refractivity contribution is 0.401. The molecule has 0 radical (unpaired) electrons. The van der Waals surface area contributed by atoms with Gasteiger partial charge in [-0.2, -0.15) is 0 Å². The van der Waals surface area contributed by atoms with Gasteiger partial charge in [0.25, 0.3) is 0 Å². The molecule has 5 nitrogen and oxygen atoms in total. The lowest BCUT2D eigenvalue weighted by atomic mass is 9.95. The van der Waals surface area contributed by atoms with Crippen molar-refractivity contribution in [2.45, 2.75) is 63.3 Å². The first-order valence-electron chi connectivity index (χ1n) is 10.2. The van der Waals surface area contributed by atoms with E-state index >= 15 is 0 Å². The van der Waals surface area contributed by atoms with Gasteiger partial charge in [0.1, 0.15) is 5.82 Å². The smallest absolute Gasteiger partial charge is 0.178 e. The summed E-state index contributed by atoms with van der Waals surface area (Å²) in [5.41, 5.74) is 1.81. The van der Waals surface area contributed by atoms with Crippen molar-refractivity contribution in [2.75, 3.05) is 18.8 Å². The van der Waals surface area contributed by atoms with E-state index in [1.807, 2.05) is 6.07 Å². The lowest BCUT2D eigenvalue weighted by Gasteiger charge is -2.22. The average molecular weight is 390 g/mol. The van der Waals surface area contributed by atoms with E-state index in [9.17, 15) is 8.42 Å². The van der Waals surface area contributed by atoms with Crippen LogP contribution in [0.4, 0.5) is 0 Å². The molecule has 4 rings (SSSR count). The number of rotatable bonds is 5. The van der Waals surface area contributed by atoms with Gasteiger partial charge in [0, 0.05) is 12.0 Å². The van der Waals surface area contributed by atoms with Crippen molar-refractivity contribution in [1.29, 1.82) is 0 Å². The Morgan fingerprint density at radius 3 is 2.44 bits per heavy atom. The molecule has 0 atom stereocenters. The minimum atomic E-state index is -3.28. The maximum atomic E-state index is 13.0. The summed E-state index contributed by atoms with van der Waals surface area (Å²) in [4.78, 5) is 5.30. The molecule has 6 heteroatoms. The highest BCUT2D eigenvalue weighted by molar-refractivity contribution is 7.91. The number of aromatic nitrogens is 2. The van der Waals surface area contributed by atoms with E-state index in [2.05, 4.69) is 30.7 Å². The summed E-state index contributed by atoms with van der Waals surface area (Å²) in [7, 11) is -3.28. The maximum Gasteiger partial charge on any atom is 0.178 e. The first kappa shape index (κ1) is 18.9. The van der Waals surface area contributed by atoms with Gasteiger partial charge in [0.15, 0.2) is 9.84 Å². The predicted octanol–water partition coefficient (Wildman–Crippen LogP) is 3.52. The van der Waals surface area contributed by atoms with Crippen LogP contribution in [0.3, 0.4) is 0 Å². The zero-order valence-corrected chi connectivity index (χ0v) is 17.5. The Bertz CT molecular complexity index is 930. The number of nitrogens with zero attached hydrogens (tertiary/aromatic N) is 2. The summed E-state index contributed by atoms with van der Waals surface area (Å²) >= 11 is 0. The molecule has 0 unspecified atom stereocenters. The molecule has 1 aliphatic carbocycles. The van der Waals surface area contributed by atoms with Crippen molar-refractivity contribution in [3.8, 4) is 0 Å². The Labute approximate surface area is 162 Å². The van der Waals surface area contributed by atoms with Crippen LogP contribution in [-0.4, -0.2) is 36.8 Å². The number of nitrogens with one attached hydrogen (secondary N) is 1. The minimum Gasteiger partial charge on any atom is -0.327 e. The zero-order valence-electron chi connectivity index (χ0n) is 16.7. The molecule has 1 aromatic heterocycles. The second-order valence-electron chi connectivity index (χ2n) is 9.36. The Morgan fingerprint density at radius 2 is 1.81 bits per heavy atom. The van der Waals surface area contributed by atoms with Crippen LogP contribution in [-0.2, 0) is 21.8 Å². The second kappa shape index (κ2) is 6.89. The van der Waals surface area contributed by atoms with Gasteiger partial charge in [0.05, 0.1) is 21.7 Å². The molecular formula is C21H31N3O2S. The van der Waals surface area contributed by atoms with Gasteiger partial charge >= 0.3 is 0 Å². The highest BCUT2D eigenvalue weighted by Gasteiger charge is 2.29. The van der Waals surface area contributed by atoms with E-state index in [4.69, 9.17) is 4.98 Å². The monoisotopic (exact) mass is 389 g/mol. The topological polar surface area (TPSA) is 64.0 Å². The predicted molar refractivity (Wildman–Crippen MR) is 109 cm³/mol. The van der Waals surface area contributed by atoms with Gasteiger partial charge in [-0.15, -0.1) is 0 Å². The molecule has 2 aliphatic rings. The summed E-state index contributed by atoms with van der Waals surface area (Å²) in [6, 6.07) is 5.55. The fraction of sp³-hybridized carbons (Fsp3) is 0.667. The van der Waals surface area contributed by atoms with Crippen molar-refractivity contribution >= 4 is 20.9 Å². The average Bonchev–Trinajstić information content (AvgIpc) is 3.34. The molecule has 1 aromatic carbocycles. The summed E-state index contributed by atoms with van der Waals surface area (Å²) < 4.78 is 28.2. The number of hydrogen-bond donors (Lipinski definition) is 1. The summed E-state index contributed by atoms with van der Waals surface area (Å²) in [5.74, 6) is 2.29. The van der Waals surface area contributed by atoms with Crippen LogP contribution in [0.2, 0.25) is 0 Å². The van der Waals surface area contributed by atoms with Crippen LogP contribution in [0.15, 0.2) is 23.1 Å². The third-order valence-electron chi connectivity index (χ3n) is 5.80. The van der Waals surface area contributed by atoms with Crippen LogP contribution >= 0.6 is 0 Å². The first-order chi connectivity index (χ1) is 12.7. The number of fused-ring (bicyclic) bond motifs is 1. The molecule has 1 aliphatic heterocycles. The van der Waals surface area contributed by atoms with Gasteiger partial charge in [-0.25, -0.2) is 13.4 Å². The molecule has 0 amide bonds. The normalized spacial score (nSPS) is 19.7. The number of benzene rings is 1. The molecule has 1 N–H and O–H groups in total. The number of sulfone groups is 1. The Hall–Kier alpha value is -1.40. The molecule has 0 spiro atoms. The van der Waals surface area contributed by atoms with E-state index in [0.717, 1.165) is 55.3 Å². The zero-order chi connectivity index (χ0) is 19.2. The Morgan fingerprint density at radius 1 is 1.11 bits per heavy atom. The summed E-state index contributed by atoms with van der Waals surface area (Å²) in [6.45, 7) is 9.34. The fourth-order valence-electron chi connectivity index (χ4n) is 4.07. The lowest BCUT2D eigenvalue weighted by Crippen LogP contribution is -2.31. The van der Waals surface area contributed by atoms with Crippen molar-refractivity contribution in [3.05, 3.63) is 24.0 Å². The van der Waals surface area contributed by atoms with E-state index in [1.165, 1.54) is 12.8 Å². The minimum absolute atomic E-state index is 0.0674. The van der Waals surface area contributed by atoms with Crippen LogP contribution in [0, 0.1) is 11.8 Å². The Kier molecular flexibility index (Phi) is 4.83. The van der Waals surface area contributed by atoms with Crippen LogP contribution in [0.1, 0.15) is 52.3 Å². The van der Waals surface area contributed by atoms with Gasteiger partial charge < -0.3 is 9.88 Å². The van der Waals surface area contributed by atoms with E-state index in [1.54, 1.807) is 12.1 Å². The van der Waals surface area contributed by atoms with Crippen molar-refractivity contribution in [2.24, 2.45) is 11.8 Å². The summed E-state index contributed by atoms with van der Waals surface area (Å²) in [5, 5.41) is 3.30. The third kappa shape index (κ3) is 4.06. The third-order valence-corrected chi connectivity index (χ3v) is 7.68. The number of hydrogen-bond acceptors (Lipinski definition) is 4. The highest BCUT2D eigenvalue weighted by Crippen LogP contribution is 2.35. The van der Waals surface area contributed by atoms with Gasteiger partial charge in [-0.1, -0.05) is 20.8 Å². The molecule has 1 saturated carbocycles. The first-order valence-corrected chi connectivity index (χ1v) is 11.8. The van der Waals surface area contributed by atoms with Crippen LogP contribution in [0.5, 0.6) is 0 Å². The molecular weight excluding hydrogens is 358 g/mol. The van der Waals surface area contributed by atoms with Gasteiger partial charge in [-0.05, 0) is 68.8 Å². The molecule has 27 heavy (non-hydrogen) atoms. The largest absolute Gasteiger partial charge is 0.327 e. The molecule has 2 fully saturated rings. The van der Waals surface area contributed by atoms with Gasteiger partial charge in [-0.3, -0.25) is 0 Å². The molecule has 0 bridgehead atoms. The van der Waals surface area contributed by atoms with Gasteiger partial charge in [0.2, 0.25) is 0 Å². The summed E-state index contributed by atoms with van der Waals surface area (Å²) in [6.07, 6.45) is 4.44. The Balaban J connectivity index is 1.69.